The van der Waals surface area contributed by atoms with Gasteiger partial charge in [-0.05, 0) is 6.92 Å². The first kappa shape index (κ1) is 20.1. The maximum atomic E-state index is 12.6. The first-order valence-corrected chi connectivity index (χ1v) is 7.61. The molecule has 0 saturated heterocycles. The number of nitro groups is 1. The lowest BCUT2D eigenvalue weighted by atomic mass is 10.1. The summed E-state index contributed by atoms with van der Waals surface area (Å²) < 4.78 is 4.75. The van der Waals surface area contributed by atoms with Crippen molar-refractivity contribution in [1.29, 1.82) is 0 Å². The van der Waals surface area contributed by atoms with Crippen LogP contribution < -0.4 is 10.7 Å². The lowest BCUT2D eigenvalue weighted by Gasteiger charge is -2.09. The summed E-state index contributed by atoms with van der Waals surface area (Å²) in [6.07, 6.45) is 1.65. The Hall–Kier alpha value is -4.22. The second kappa shape index (κ2) is 7.99. The summed E-state index contributed by atoms with van der Waals surface area (Å²) in [5, 5.41) is 31.0. The number of carbonyl (C=O) groups is 3. The molecule has 1 heterocycles. The molecule has 12 nitrogen and oxygen atoms in total. The summed E-state index contributed by atoms with van der Waals surface area (Å²) in [5.74, 6) is -4.41. The number of H-pyrrole nitrogens is 1. The third-order valence-corrected chi connectivity index (χ3v) is 3.51. The molecule has 0 aliphatic heterocycles. The summed E-state index contributed by atoms with van der Waals surface area (Å²) in [7, 11) is 0. The van der Waals surface area contributed by atoms with E-state index in [0.717, 1.165) is 18.3 Å². The summed E-state index contributed by atoms with van der Waals surface area (Å²) in [6, 6.07) is 1.90. The number of carboxylic acid groups (broad SMARTS) is 2. The first-order chi connectivity index (χ1) is 13.2. The molecule has 1 aromatic carbocycles. The Morgan fingerprint density at radius 3 is 2.46 bits per heavy atom. The van der Waals surface area contributed by atoms with E-state index in [1.165, 1.54) is 6.92 Å². The highest BCUT2D eigenvalue weighted by molar-refractivity contribution is 6.12. The number of nitrogens with zero attached hydrogens (tertiary/aromatic N) is 1. The van der Waals surface area contributed by atoms with E-state index in [1.807, 2.05) is 0 Å². The van der Waals surface area contributed by atoms with Gasteiger partial charge in [-0.15, -0.1) is 0 Å². The maximum absolute atomic E-state index is 12.6. The van der Waals surface area contributed by atoms with Crippen LogP contribution in [-0.4, -0.2) is 44.6 Å². The van der Waals surface area contributed by atoms with E-state index in [2.05, 4.69) is 10.3 Å². The van der Waals surface area contributed by atoms with Crippen molar-refractivity contribution in [2.45, 2.75) is 6.92 Å². The zero-order valence-electron chi connectivity index (χ0n) is 14.2. The quantitative estimate of drug-likeness (QED) is 0.133. The molecule has 146 valence electrons. The molecular weight excluding hydrogens is 378 g/mol. The number of hydrogen-bond donors (Lipinski definition) is 4. The van der Waals surface area contributed by atoms with E-state index >= 15 is 0 Å². The highest BCUT2D eigenvalue weighted by atomic mass is 16.6. The van der Waals surface area contributed by atoms with Crippen molar-refractivity contribution in [3.05, 3.63) is 56.0 Å². The minimum Gasteiger partial charge on any atom is -0.477 e. The fraction of sp³-hybridized carbons (Fsp3) is 0.125. The number of benzene rings is 1. The average Bonchev–Trinajstić information content (AvgIpc) is 2.61. The van der Waals surface area contributed by atoms with Crippen molar-refractivity contribution < 1.29 is 34.3 Å². The molecule has 0 unspecified atom stereocenters. The van der Waals surface area contributed by atoms with Crippen molar-refractivity contribution in [1.82, 2.24) is 4.98 Å². The van der Waals surface area contributed by atoms with Crippen LogP contribution >= 0.6 is 0 Å². The zero-order valence-corrected chi connectivity index (χ0v) is 14.2. The third kappa shape index (κ3) is 3.95. The molecular formula is C16H13N3O9. The van der Waals surface area contributed by atoms with E-state index < -0.39 is 39.5 Å². The van der Waals surface area contributed by atoms with Gasteiger partial charge >= 0.3 is 17.9 Å². The molecule has 0 saturated carbocycles. The molecule has 4 N–H and O–H groups in total. The first-order valence-electron chi connectivity index (χ1n) is 7.61. The molecule has 0 fully saturated rings. The van der Waals surface area contributed by atoms with Gasteiger partial charge in [0, 0.05) is 24.5 Å². The molecule has 0 aliphatic rings. The minimum absolute atomic E-state index is 0.00461. The Morgan fingerprint density at radius 2 is 1.93 bits per heavy atom. The highest BCUT2D eigenvalue weighted by Gasteiger charge is 2.20. The number of esters is 1. The van der Waals surface area contributed by atoms with Gasteiger partial charge in [-0.1, -0.05) is 0 Å². The number of aromatic amines is 1. The number of fused-ring (bicyclic) bond motifs is 1. The van der Waals surface area contributed by atoms with Crippen LogP contribution in [-0.2, 0) is 14.3 Å². The van der Waals surface area contributed by atoms with E-state index in [9.17, 15) is 29.3 Å². The van der Waals surface area contributed by atoms with E-state index in [-0.39, 0.29) is 28.8 Å². The number of aliphatic carboxylic acids is 2. The number of nitro benzene ring substituents is 1. The van der Waals surface area contributed by atoms with Gasteiger partial charge in [-0.3, -0.25) is 14.9 Å². The van der Waals surface area contributed by atoms with Gasteiger partial charge < -0.3 is 25.3 Å². The smallest absolute Gasteiger partial charge is 0.344 e. The van der Waals surface area contributed by atoms with Gasteiger partial charge in [-0.2, -0.15) is 0 Å². The summed E-state index contributed by atoms with van der Waals surface area (Å²) in [4.78, 5) is 59.2. The topological polar surface area (TPSA) is 189 Å². The van der Waals surface area contributed by atoms with Crippen LogP contribution in [0.5, 0.6) is 0 Å². The highest BCUT2D eigenvalue weighted by Crippen LogP contribution is 2.26. The number of non-ortho nitro benzene ring substituents is 1. The minimum atomic E-state index is -1.74. The number of anilines is 1. The predicted octanol–water partition coefficient (Wildman–Crippen LogP) is 1.08. The van der Waals surface area contributed by atoms with E-state index in [1.54, 1.807) is 0 Å². The van der Waals surface area contributed by atoms with Crippen molar-refractivity contribution in [3.8, 4) is 0 Å². The van der Waals surface area contributed by atoms with Gasteiger partial charge in [0.1, 0.15) is 5.56 Å². The summed E-state index contributed by atoms with van der Waals surface area (Å²) in [5.41, 5.74) is -2.95. The third-order valence-electron chi connectivity index (χ3n) is 3.51. The van der Waals surface area contributed by atoms with Gasteiger partial charge in [0.15, 0.2) is 5.57 Å². The molecule has 0 atom stereocenters. The number of carboxylic acids is 2. The number of hydrogen-bond acceptors (Lipinski definition) is 8. The number of nitrogens with one attached hydrogen (secondary N) is 2. The zero-order chi connectivity index (χ0) is 21.0. The van der Waals surface area contributed by atoms with Crippen LogP contribution in [0.2, 0.25) is 0 Å². The van der Waals surface area contributed by atoms with Crippen molar-refractivity contribution in [2.75, 3.05) is 11.9 Å². The van der Waals surface area contributed by atoms with Crippen molar-refractivity contribution in [3.63, 3.8) is 0 Å². The van der Waals surface area contributed by atoms with Crippen LogP contribution in [0, 0.1) is 10.1 Å². The molecule has 12 heteroatoms. The Labute approximate surface area is 155 Å². The molecule has 2 aromatic rings. The number of aromatic nitrogens is 1. The maximum Gasteiger partial charge on any atom is 0.344 e. The SMILES string of the molecule is CCOC(=O)c1c[nH]c2c(NC=C(C(=O)O)C(=O)O)cc([N+](=O)[O-])cc2c1=O. The standard InChI is InChI=1S/C16H13N3O9/c1-2-28-16(25)9-5-18-12-8(13(9)20)3-7(19(26)27)4-11(12)17-6-10(14(21)22)15(23)24/h3-6,17H,2H2,1H3,(H,18,20)(H,21,22)(H,23,24). The van der Waals surface area contributed by atoms with Crippen molar-refractivity contribution >= 4 is 40.2 Å². The lowest BCUT2D eigenvalue weighted by molar-refractivity contribution is -0.384. The molecule has 0 aliphatic carbocycles. The van der Waals surface area contributed by atoms with Crippen molar-refractivity contribution in [2.24, 2.45) is 0 Å². The number of carbonyl (C=O) groups excluding carboxylic acids is 1. The number of pyridine rings is 1. The normalized spacial score (nSPS) is 10.2. The Kier molecular flexibility index (Phi) is 5.73. The predicted molar refractivity (Wildman–Crippen MR) is 94.2 cm³/mol. The van der Waals surface area contributed by atoms with Crippen LogP contribution in [0.4, 0.5) is 11.4 Å². The van der Waals surface area contributed by atoms with Gasteiger partial charge in [-0.25, -0.2) is 14.4 Å². The molecule has 0 spiro atoms. The Morgan fingerprint density at radius 1 is 1.29 bits per heavy atom. The second-order valence-electron chi connectivity index (χ2n) is 5.24. The van der Waals surface area contributed by atoms with Crippen LogP contribution in [0.25, 0.3) is 10.9 Å². The molecule has 0 radical (unpaired) electrons. The number of rotatable bonds is 7. The van der Waals surface area contributed by atoms with Crippen LogP contribution in [0.15, 0.2) is 34.9 Å². The van der Waals surface area contributed by atoms with Crippen LogP contribution in [0.1, 0.15) is 17.3 Å². The molecule has 0 bridgehead atoms. The fourth-order valence-corrected chi connectivity index (χ4v) is 2.26. The van der Waals surface area contributed by atoms with Gasteiger partial charge in [0.25, 0.3) is 5.69 Å². The Bertz CT molecular complexity index is 1070. The summed E-state index contributed by atoms with van der Waals surface area (Å²) >= 11 is 0. The van der Waals surface area contributed by atoms with Gasteiger partial charge in [0.05, 0.1) is 28.1 Å². The fourth-order valence-electron chi connectivity index (χ4n) is 2.26. The molecule has 28 heavy (non-hydrogen) atoms. The second-order valence-corrected chi connectivity index (χ2v) is 5.24. The summed E-state index contributed by atoms with van der Waals surface area (Å²) in [6.45, 7) is 1.55. The Balaban J connectivity index is 2.70. The van der Waals surface area contributed by atoms with Crippen LogP contribution in [0.3, 0.4) is 0 Å². The van der Waals surface area contributed by atoms with E-state index in [0.29, 0.717) is 6.20 Å². The van der Waals surface area contributed by atoms with E-state index in [4.69, 9.17) is 14.9 Å². The monoisotopic (exact) mass is 391 g/mol. The molecule has 2 rings (SSSR count). The molecule has 1 aromatic heterocycles. The average molecular weight is 391 g/mol. The molecule has 0 amide bonds. The largest absolute Gasteiger partial charge is 0.477 e. The lowest BCUT2D eigenvalue weighted by Crippen LogP contribution is -2.18. The van der Waals surface area contributed by atoms with Gasteiger partial charge in [0.2, 0.25) is 5.43 Å². The number of ether oxygens (including phenoxy) is 1.